The lowest BCUT2D eigenvalue weighted by molar-refractivity contribution is 0.181. The van der Waals surface area contributed by atoms with E-state index < -0.39 is 0 Å². The highest BCUT2D eigenvalue weighted by atomic mass is 19.1. The van der Waals surface area contributed by atoms with Crippen molar-refractivity contribution in [1.29, 1.82) is 0 Å². The van der Waals surface area contributed by atoms with Gasteiger partial charge in [-0.2, -0.15) is 4.98 Å². The summed E-state index contributed by atoms with van der Waals surface area (Å²) in [4.78, 5) is 11.9. The van der Waals surface area contributed by atoms with Gasteiger partial charge in [-0.15, -0.1) is 0 Å². The molecule has 156 valence electrons. The van der Waals surface area contributed by atoms with Crippen LogP contribution in [-0.4, -0.2) is 23.6 Å². The third-order valence-corrected chi connectivity index (χ3v) is 5.80. The third-order valence-electron chi connectivity index (χ3n) is 5.80. The van der Waals surface area contributed by atoms with Crippen LogP contribution in [0.5, 0.6) is 0 Å². The minimum Gasteiger partial charge on any atom is -0.378 e. The van der Waals surface area contributed by atoms with E-state index >= 15 is 0 Å². The Labute approximate surface area is 176 Å². The summed E-state index contributed by atoms with van der Waals surface area (Å²) >= 11 is 0. The fraction of sp³-hybridized carbons (Fsp3) is 0.333. The molecule has 30 heavy (non-hydrogen) atoms. The molecule has 5 nitrogen and oxygen atoms in total. The zero-order valence-corrected chi connectivity index (χ0v) is 17.9. The Balaban J connectivity index is 1.74. The van der Waals surface area contributed by atoms with E-state index in [0.717, 1.165) is 41.3 Å². The Morgan fingerprint density at radius 3 is 2.73 bits per heavy atom. The number of fused-ring (bicyclic) bond motifs is 1. The van der Waals surface area contributed by atoms with Crippen molar-refractivity contribution in [3.05, 3.63) is 76.2 Å². The highest BCUT2D eigenvalue weighted by Gasteiger charge is 2.27. The van der Waals surface area contributed by atoms with E-state index in [-0.39, 0.29) is 11.9 Å². The number of hydrogen-bond acceptors (Lipinski definition) is 5. The number of ether oxygens (including phenoxy) is 1. The second-order valence-corrected chi connectivity index (χ2v) is 7.78. The lowest BCUT2D eigenvalue weighted by Gasteiger charge is -2.37. The highest BCUT2D eigenvalue weighted by molar-refractivity contribution is 5.62. The first-order valence-electron chi connectivity index (χ1n) is 10.2. The maximum Gasteiger partial charge on any atom is 0.229 e. The zero-order chi connectivity index (χ0) is 21.3. The summed E-state index contributed by atoms with van der Waals surface area (Å²) in [6, 6.07) is 13.4. The van der Waals surface area contributed by atoms with Crippen LogP contribution in [0, 0.1) is 19.7 Å². The molecule has 2 aromatic carbocycles. The molecule has 6 heteroatoms. The van der Waals surface area contributed by atoms with Gasteiger partial charge in [0.05, 0.1) is 18.3 Å². The molecule has 1 aromatic heterocycles. The summed E-state index contributed by atoms with van der Waals surface area (Å²) in [5, 5.41) is 3.27. The van der Waals surface area contributed by atoms with E-state index in [0.29, 0.717) is 12.6 Å². The molecule has 1 aliphatic heterocycles. The summed E-state index contributed by atoms with van der Waals surface area (Å²) in [7, 11) is 1.66. The lowest BCUT2D eigenvalue weighted by Crippen LogP contribution is -2.35. The second-order valence-electron chi connectivity index (χ2n) is 7.78. The van der Waals surface area contributed by atoms with Crippen molar-refractivity contribution >= 4 is 17.5 Å². The maximum atomic E-state index is 13.5. The zero-order valence-electron chi connectivity index (χ0n) is 17.9. The number of aromatic nitrogens is 2. The smallest absolute Gasteiger partial charge is 0.229 e. The topological polar surface area (TPSA) is 50.3 Å². The normalized spacial score (nSPS) is 15.8. The summed E-state index contributed by atoms with van der Waals surface area (Å²) in [5.74, 6) is 1.13. The van der Waals surface area contributed by atoms with Crippen molar-refractivity contribution < 1.29 is 9.13 Å². The molecule has 0 spiro atoms. The molecular formula is C24H27FN4O. The van der Waals surface area contributed by atoms with Crippen molar-refractivity contribution in [1.82, 2.24) is 9.97 Å². The lowest BCUT2D eigenvalue weighted by atomic mass is 9.93. The molecule has 4 rings (SSSR count). The highest BCUT2D eigenvalue weighted by Crippen LogP contribution is 2.35. The standard InChI is InChI=1S/C24H27FN4O/c1-15-13-19(25)9-10-21(15)26-24-27-22(14-30-4)16(2)23(28-24)29-12-11-18-7-5-6-8-20(18)17(29)3/h5-10,13,17H,11-12,14H2,1-4H3,(H,26,27,28). The van der Waals surface area contributed by atoms with Gasteiger partial charge in [0.15, 0.2) is 0 Å². The van der Waals surface area contributed by atoms with Gasteiger partial charge >= 0.3 is 0 Å². The van der Waals surface area contributed by atoms with E-state index in [1.54, 1.807) is 13.2 Å². The largest absolute Gasteiger partial charge is 0.378 e. The first-order valence-corrected chi connectivity index (χ1v) is 10.2. The number of nitrogens with one attached hydrogen (secondary N) is 1. The molecule has 2 heterocycles. The van der Waals surface area contributed by atoms with Crippen molar-refractivity contribution in [2.75, 3.05) is 23.9 Å². The van der Waals surface area contributed by atoms with Gasteiger partial charge in [0.1, 0.15) is 11.6 Å². The second kappa shape index (κ2) is 8.40. The summed E-state index contributed by atoms with van der Waals surface area (Å²) in [5.41, 5.74) is 6.17. The molecule has 0 amide bonds. The van der Waals surface area contributed by atoms with E-state index in [1.165, 1.54) is 23.3 Å². The van der Waals surface area contributed by atoms with Gasteiger partial charge in [-0.1, -0.05) is 24.3 Å². The molecule has 0 saturated heterocycles. The Kier molecular flexibility index (Phi) is 5.68. The average Bonchev–Trinajstić information content (AvgIpc) is 2.73. The first kappa shape index (κ1) is 20.3. The van der Waals surface area contributed by atoms with Crippen LogP contribution in [0.2, 0.25) is 0 Å². The predicted molar refractivity (Wildman–Crippen MR) is 118 cm³/mol. The molecule has 1 atom stereocenters. The van der Waals surface area contributed by atoms with Gasteiger partial charge in [0, 0.05) is 24.9 Å². The van der Waals surface area contributed by atoms with Gasteiger partial charge in [-0.25, -0.2) is 9.37 Å². The molecule has 1 N–H and O–H groups in total. The van der Waals surface area contributed by atoms with Gasteiger partial charge < -0.3 is 15.0 Å². The van der Waals surface area contributed by atoms with Gasteiger partial charge in [0.25, 0.3) is 0 Å². The van der Waals surface area contributed by atoms with Crippen LogP contribution < -0.4 is 10.2 Å². The Hall–Kier alpha value is -2.99. The van der Waals surface area contributed by atoms with Crippen molar-refractivity contribution in [2.24, 2.45) is 0 Å². The molecule has 3 aromatic rings. The Morgan fingerprint density at radius 1 is 1.17 bits per heavy atom. The minimum absolute atomic E-state index is 0.208. The number of aryl methyl sites for hydroxylation is 1. The van der Waals surface area contributed by atoms with E-state index in [4.69, 9.17) is 9.72 Å². The number of nitrogens with zero attached hydrogens (tertiary/aromatic N) is 3. The summed E-state index contributed by atoms with van der Waals surface area (Å²) in [6.07, 6.45) is 0.976. The van der Waals surface area contributed by atoms with Gasteiger partial charge in [-0.3, -0.25) is 0 Å². The molecular weight excluding hydrogens is 379 g/mol. The van der Waals surface area contributed by atoms with Crippen LogP contribution in [0.3, 0.4) is 0 Å². The molecule has 0 aliphatic carbocycles. The van der Waals surface area contributed by atoms with Crippen molar-refractivity contribution in [3.8, 4) is 0 Å². The van der Waals surface area contributed by atoms with Crippen LogP contribution in [-0.2, 0) is 17.8 Å². The van der Waals surface area contributed by atoms with Crippen LogP contribution in [0.4, 0.5) is 21.8 Å². The Bertz CT molecular complexity index is 1070. The quantitative estimate of drug-likeness (QED) is 0.627. The number of benzene rings is 2. The van der Waals surface area contributed by atoms with Gasteiger partial charge in [0.2, 0.25) is 5.95 Å². The summed E-state index contributed by atoms with van der Waals surface area (Å²) < 4.78 is 18.9. The predicted octanol–water partition coefficient (Wildman–Crippen LogP) is 5.25. The van der Waals surface area contributed by atoms with Crippen LogP contribution >= 0.6 is 0 Å². The number of methoxy groups -OCH3 is 1. The SMILES string of the molecule is COCc1nc(Nc2ccc(F)cc2C)nc(N2CCc3ccccc3C2C)c1C. The minimum atomic E-state index is -0.260. The molecule has 0 saturated carbocycles. The Morgan fingerprint density at radius 2 is 1.97 bits per heavy atom. The molecule has 0 bridgehead atoms. The maximum absolute atomic E-state index is 13.5. The first-order chi connectivity index (χ1) is 14.5. The molecule has 1 aliphatic rings. The van der Waals surface area contributed by atoms with Crippen LogP contribution in [0.25, 0.3) is 0 Å². The van der Waals surface area contributed by atoms with Gasteiger partial charge in [-0.05, 0) is 62.1 Å². The summed E-state index contributed by atoms with van der Waals surface area (Å²) in [6.45, 7) is 7.41. The number of hydrogen-bond donors (Lipinski definition) is 1. The van der Waals surface area contributed by atoms with E-state index in [1.807, 2.05) is 13.8 Å². The fourth-order valence-corrected chi connectivity index (χ4v) is 4.11. The van der Waals surface area contributed by atoms with E-state index in [9.17, 15) is 4.39 Å². The number of anilines is 3. The van der Waals surface area contributed by atoms with E-state index in [2.05, 4.69) is 46.4 Å². The fourth-order valence-electron chi connectivity index (χ4n) is 4.11. The number of rotatable bonds is 5. The van der Waals surface area contributed by atoms with Crippen LogP contribution in [0.15, 0.2) is 42.5 Å². The molecule has 0 radical (unpaired) electrons. The average molecular weight is 407 g/mol. The molecule has 0 fully saturated rings. The van der Waals surface area contributed by atoms with Crippen molar-refractivity contribution in [3.63, 3.8) is 0 Å². The third kappa shape index (κ3) is 3.87. The molecule has 1 unspecified atom stereocenters. The van der Waals surface area contributed by atoms with Crippen LogP contribution in [0.1, 0.15) is 40.9 Å². The monoisotopic (exact) mass is 406 g/mol. The van der Waals surface area contributed by atoms with Crippen molar-refractivity contribution in [2.45, 2.75) is 39.8 Å². The number of halogens is 1.